The zero-order chi connectivity index (χ0) is 13.5. The minimum Gasteiger partial charge on any atom is -0.480 e. The highest BCUT2D eigenvalue weighted by atomic mass is 79.9. The van der Waals surface area contributed by atoms with Crippen LogP contribution in [0.15, 0.2) is 34.8 Å². The number of carboxylic acids is 1. The molecule has 4 nitrogen and oxygen atoms in total. The third-order valence-corrected chi connectivity index (χ3v) is 3.05. The number of amides is 1. The molecule has 96 valence electrons. The summed E-state index contributed by atoms with van der Waals surface area (Å²) in [5.41, 5.74) is 0.872. The predicted octanol–water partition coefficient (Wildman–Crippen LogP) is 2.40. The summed E-state index contributed by atoms with van der Waals surface area (Å²) in [6.45, 7) is 1.83. The number of hydrogen-bond donors (Lipinski definition) is 1. The molecule has 0 fully saturated rings. The summed E-state index contributed by atoms with van der Waals surface area (Å²) >= 11 is 3.37. The Kier molecular flexibility index (Phi) is 5.58. The van der Waals surface area contributed by atoms with Gasteiger partial charge in [0.25, 0.3) is 0 Å². The van der Waals surface area contributed by atoms with Gasteiger partial charge in [-0.3, -0.25) is 9.59 Å². The van der Waals surface area contributed by atoms with Crippen molar-refractivity contribution in [3.63, 3.8) is 0 Å². The lowest BCUT2D eigenvalue weighted by molar-refractivity contribution is -0.142. The van der Waals surface area contributed by atoms with Crippen molar-refractivity contribution in [3.05, 3.63) is 40.4 Å². The Morgan fingerprint density at radius 1 is 1.39 bits per heavy atom. The van der Waals surface area contributed by atoms with Crippen LogP contribution in [0.3, 0.4) is 0 Å². The van der Waals surface area contributed by atoms with Gasteiger partial charge in [-0.2, -0.15) is 0 Å². The molecule has 0 bridgehead atoms. The van der Waals surface area contributed by atoms with Crippen molar-refractivity contribution in [3.8, 4) is 0 Å². The number of halogens is 1. The van der Waals surface area contributed by atoms with Crippen LogP contribution in [-0.2, 0) is 9.59 Å². The van der Waals surface area contributed by atoms with Crippen molar-refractivity contribution in [2.75, 3.05) is 13.1 Å². The van der Waals surface area contributed by atoms with Crippen LogP contribution in [0, 0.1) is 0 Å². The molecule has 1 rings (SSSR count). The molecule has 0 aliphatic carbocycles. The predicted molar refractivity (Wildman–Crippen MR) is 73.1 cm³/mol. The molecule has 18 heavy (non-hydrogen) atoms. The van der Waals surface area contributed by atoms with Crippen molar-refractivity contribution in [1.29, 1.82) is 0 Å². The van der Waals surface area contributed by atoms with Crippen molar-refractivity contribution < 1.29 is 14.7 Å². The van der Waals surface area contributed by atoms with Gasteiger partial charge in [-0.1, -0.05) is 34.1 Å². The average molecular weight is 312 g/mol. The molecule has 1 amide bonds. The Morgan fingerprint density at radius 2 is 2.06 bits per heavy atom. The van der Waals surface area contributed by atoms with Crippen LogP contribution in [0.4, 0.5) is 0 Å². The summed E-state index contributed by atoms with van der Waals surface area (Å²) in [6.07, 6.45) is 3.05. The molecule has 0 aliphatic heterocycles. The van der Waals surface area contributed by atoms with Crippen LogP contribution in [0.2, 0.25) is 0 Å². The monoisotopic (exact) mass is 311 g/mol. The van der Waals surface area contributed by atoms with E-state index in [1.54, 1.807) is 13.0 Å². The van der Waals surface area contributed by atoms with Gasteiger partial charge in [-0.25, -0.2) is 0 Å². The van der Waals surface area contributed by atoms with Crippen LogP contribution in [0.1, 0.15) is 12.5 Å². The zero-order valence-electron chi connectivity index (χ0n) is 9.97. The standard InChI is InChI=1S/C13H14BrNO3/c1-2-15(9-13(17)18)12(16)8-7-10-5-3-4-6-11(10)14/h3-8H,2,9H2,1H3,(H,17,18)/b8-7+. The van der Waals surface area contributed by atoms with Crippen LogP contribution in [-0.4, -0.2) is 35.0 Å². The lowest BCUT2D eigenvalue weighted by atomic mass is 10.2. The average Bonchev–Trinajstić information content (AvgIpc) is 2.34. The van der Waals surface area contributed by atoms with E-state index in [-0.39, 0.29) is 12.5 Å². The maximum absolute atomic E-state index is 11.8. The van der Waals surface area contributed by atoms with Crippen LogP contribution >= 0.6 is 15.9 Å². The van der Waals surface area contributed by atoms with Gasteiger partial charge in [0.05, 0.1) is 0 Å². The van der Waals surface area contributed by atoms with Crippen LogP contribution < -0.4 is 0 Å². The van der Waals surface area contributed by atoms with E-state index >= 15 is 0 Å². The van der Waals surface area contributed by atoms with Gasteiger partial charge < -0.3 is 10.0 Å². The van der Waals surface area contributed by atoms with E-state index in [1.807, 2.05) is 24.3 Å². The van der Waals surface area contributed by atoms with E-state index in [0.29, 0.717) is 6.54 Å². The highest BCUT2D eigenvalue weighted by molar-refractivity contribution is 9.10. The lowest BCUT2D eigenvalue weighted by Gasteiger charge is -2.15. The van der Waals surface area contributed by atoms with E-state index in [2.05, 4.69) is 15.9 Å². The second kappa shape index (κ2) is 6.96. The summed E-state index contributed by atoms with van der Waals surface area (Å²) in [4.78, 5) is 23.6. The van der Waals surface area contributed by atoms with Gasteiger partial charge in [0, 0.05) is 17.1 Å². The Labute approximate surface area is 114 Å². The second-order valence-electron chi connectivity index (χ2n) is 3.60. The second-order valence-corrected chi connectivity index (χ2v) is 4.46. The largest absolute Gasteiger partial charge is 0.480 e. The van der Waals surface area contributed by atoms with Crippen molar-refractivity contribution in [2.24, 2.45) is 0 Å². The summed E-state index contributed by atoms with van der Waals surface area (Å²) in [6, 6.07) is 7.48. The third-order valence-electron chi connectivity index (χ3n) is 2.33. The first kappa shape index (κ1) is 14.4. The number of likely N-dealkylation sites (N-methyl/N-ethyl adjacent to an activating group) is 1. The SMILES string of the molecule is CCN(CC(=O)O)C(=O)/C=C/c1ccccc1Br. The Hall–Kier alpha value is -1.62. The van der Waals surface area contributed by atoms with Gasteiger partial charge in [-0.05, 0) is 24.6 Å². The van der Waals surface area contributed by atoms with Gasteiger partial charge in [0.1, 0.15) is 6.54 Å². The number of carboxylic acid groups (broad SMARTS) is 1. The fourth-order valence-corrected chi connectivity index (χ4v) is 1.80. The Balaban J connectivity index is 2.74. The quantitative estimate of drug-likeness (QED) is 0.849. The molecular formula is C13H14BrNO3. The molecule has 0 atom stereocenters. The molecule has 0 saturated carbocycles. The smallest absolute Gasteiger partial charge is 0.323 e. The first-order chi connectivity index (χ1) is 8.54. The molecule has 5 heteroatoms. The third kappa shape index (κ3) is 4.33. The topological polar surface area (TPSA) is 57.6 Å². The number of benzene rings is 1. The number of carbonyl (C=O) groups excluding carboxylic acids is 1. The van der Waals surface area contributed by atoms with Crippen LogP contribution in [0.5, 0.6) is 0 Å². The number of hydrogen-bond acceptors (Lipinski definition) is 2. The summed E-state index contributed by atoms with van der Waals surface area (Å²) in [5.74, 6) is -1.32. The van der Waals surface area contributed by atoms with Crippen molar-refractivity contribution in [1.82, 2.24) is 4.90 Å². The number of carbonyl (C=O) groups is 2. The molecule has 1 N–H and O–H groups in total. The van der Waals surface area contributed by atoms with Crippen molar-refractivity contribution in [2.45, 2.75) is 6.92 Å². The molecule has 1 aromatic rings. The van der Waals surface area contributed by atoms with Gasteiger partial charge in [0.2, 0.25) is 5.91 Å². The normalized spacial score (nSPS) is 10.6. The molecular weight excluding hydrogens is 298 g/mol. The van der Waals surface area contributed by atoms with E-state index in [1.165, 1.54) is 11.0 Å². The highest BCUT2D eigenvalue weighted by Gasteiger charge is 2.11. The summed E-state index contributed by atoms with van der Waals surface area (Å²) in [5, 5.41) is 8.67. The number of aliphatic carboxylic acids is 1. The molecule has 0 saturated heterocycles. The van der Waals surface area contributed by atoms with Gasteiger partial charge in [-0.15, -0.1) is 0 Å². The van der Waals surface area contributed by atoms with Crippen molar-refractivity contribution >= 4 is 33.9 Å². The molecule has 1 aromatic carbocycles. The number of nitrogens with zero attached hydrogens (tertiary/aromatic N) is 1. The molecule has 0 spiro atoms. The molecule has 0 aliphatic rings. The van der Waals surface area contributed by atoms with Gasteiger partial charge in [0.15, 0.2) is 0 Å². The molecule has 0 unspecified atom stereocenters. The lowest BCUT2D eigenvalue weighted by Crippen LogP contribution is -2.34. The minimum atomic E-state index is -1.01. The molecule has 0 heterocycles. The maximum Gasteiger partial charge on any atom is 0.323 e. The molecule has 0 aromatic heterocycles. The Morgan fingerprint density at radius 3 is 2.61 bits per heavy atom. The van der Waals surface area contributed by atoms with E-state index < -0.39 is 5.97 Å². The van der Waals surface area contributed by atoms with E-state index in [9.17, 15) is 9.59 Å². The van der Waals surface area contributed by atoms with Crippen LogP contribution in [0.25, 0.3) is 6.08 Å². The Bertz CT molecular complexity index is 471. The molecule has 0 radical (unpaired) electrons. The fourth-order valence-electron chi connectivity index (χ4n) is 1.39. The van der Waals surface area contributed by atoms with E-state index in [4.69, 9.17) is 5.11 Å². The number of rotatable bonds is 5. The van der Waals surface area contributed by atoms with E-state index in [0.717, 1.165) is 10.0 Å². The summed E-state index contributed by atoms with van der Waals surface area (Å²) < 4.78 is 0.885. The zero-order valence-corrected chi connectivity index (χ0v) is 11.6. The first-order valence-electron chi connectivity index (χ1n) is 5.48. The summed E-state index contributed by atoms with van der Waals surface area (Å²) in [7, 11) is 0. The highest BCUT2D eigenvalue weighted by Crippen LogP contribution is 2.17. The maximum atomic E-state index is 11.8. The van der Waals surface area contributed by atoms with Gasteiger partial charge >= 0.3 is 5.97 Å². The minimum absolute atomic E-state index is 0.282. The first-order valence-corrected chi connectivity index (χ1v) is 6.27. The fraction of sp³-hybridized carbons (Fsp3) is 0.231.